The second-order valence-corrected chi connectivity index (χ2v) is 10.3. The highest BCUT2D eigenvalue weighted by Gasteiger charge is 2.18. The number of carbonyl (C=O) groups excluding carboxylic acids is 1. The van der Waals surface area contributed by atoms with Gasteiger partial charge in [0, 0.05) is 36.1 Å². The van der Waals surface area contributed by atoms with E-state index in [9.17, 15) is 9.59 Å². The Balaban J connectivity index is 0.000000385. The molecule has 0 bridgehead atoms. The molecule has 6 N–H and O–H groups in total. The van der Waals surface area contributed by atoms with Crippen molar-refractivity contribution in [1.82, 2.24) is 35.1 Å². The summed E-state index contributed by atoms with van der Waals surface area (Å²) in [6.45, 7) is 7.86. The molecule has 42 heavy (non-hydrogen) atoms. The molecular formula is C29H35ClN10O2. The van der Waals surface area contributed by atoms with Crippen LogP contribution in [0.5, 0.6) is 0 Å². The number of aromatic nitrogens is 5. The van der Waals surface area contributed by atoms with Gasteiger partial charge >= 0.3 is 0 Å². The van der Waals surface area contributed by atoms with Crippen LogP contribution < -0.4 is 21.9 Å². The molecule has 5 rings (SSSR count). The number of allylic oxidation sites excluding steroid dienone is 1. The molecule has 13 heteroatoms. The summed E-state index contributed by atoms with van der Waals surface area (Å²) in [7, 11) is 1.82. The van der Waals surface area contributed by atoms with Crippen LogP contribution in [-0.2, 0) is 4.79 Å². The first-order valence-corrected chi connectivity index (χ1v) is 13.9. The summed E-state index contributed by atoms with van der Waals surface area (Å²) in [5.74, 6) is 0.604. The molecule has 0 spiro atoms. The molecule has 4 aromatic rings. The first-order valence-electron chi connectivity index (χ1n) is 13.5. The number of nitrogens with zero attached hydrogens (tertiary/aromatic N) is 5. The fourth-order valence-electron chi connectivity index (χ4n) is 4.44. The van der Waals surface area contributed by atoms with E-state index < -0.39 is 0 Å². The van der Waals surface area contributed by atoms with Gasteiger partial charge in [0.15, 0.2) is 0 Å². The summed E-state index contributed by atoms with van der Waals surface area (Å²) in [5, 5.41) is 7.29. The number of aliphatic imine (C=N–C) groups is 1. The molecule has 1 aromatic carbocycles. The van der Waals surface area contributed by atoms with Crippen molar-refractivity contribution in [3.05, 3.63) is 75.3 Å². The number of nitrogens with one attached hydrogen (secondary N) is 4. The van der Waals surface area contributed by atoms with E-state index in [0.29, 0.717) is 17.9 Å². The number of H-pyrrole nitrogens is 2. The molecule has 1 aliphatic rings. The van der Waals surface area contributed by atoms with Crippen LogP contribution in [0.3, 0.4) is 0 Å². The van der Waals surface area contributed by atoms with Crippen LogP contribution in [0.15, 0.2) is 58.5 Å². The first kappa shape index (κ1) is 30.4. The van der Waals surface area contributed by atoms with Crippen LogP contribution in [0, 0.1) is 13.8 Å². The third kappa shape index (κ3) is 7.59. The maximum Gasteiger partial charge on any atom is 0.255 e. The minimum Gasteiger partial charge on any atom is -0.392 e. The maximum atomic E-state index is 12.6. The number of aryl methyl sites for hydroxylation is 1. The average Bonchev–Trinajstić information content (AvgIpc) is 3.63. The Kier molecular flexibility index (Phi) is 10.0. The van der Waals surface area contributed by atoms with Crippen molar-refractivity contribution in [2.24, 2.45) is 10.7 Å². The predicted molar refractivity (Wildman–Crippen MR) is 167 cm³/mol. The Hall–Kier alpha value is -4.55. The molecule has 3 aromatic heterocycles. The Morgan fingerprint density at radius 2 is 1.98 bits per heavy atom. The zero-order valence-electron chi connectivity index (χ0n) is 24.1. The van der Waals surface area contributed by atoms with Crippen molar-refractivity contribution in [3.63, 3.8) is 0 Å². The quantitative estimate of drug-likeness (QED) is 0.123. The van der Waals surface area contributed by atoms with Crippen LogP contribution in [-0.4, -0.2) is 68.2 Å². The van der Waals surface area contributed by atoms with Crippen LogP contribution in [0.2, 0.25) is 5.15 Å². The Morgan fingerprint density at radius 3 is 2.67 bits per heavy atom. The summed E-state index contributed by atoms with van der Waals surface area (Å²) in [4.78, 5) is 48.0. The van der Waals surface area contributed by atoms with Gasteiger partial charge < -0.3 is 26.3 Å². The van der Waals surface area contributed by atoms with Crippen molar-refractivity contribution in [2.75, 3.05) is 32.0 Å². The van der Waals surface area contributed by atoms with Gasteiger partial charge in [0.1, 0.15) is 11.0 Å². The zero-order valence-corrected chi connectivity index (χ0v) is 24.8. The minimum atomic E-state index is -0.185. The number of hydrogen-bond acceptors (Lipinski definition) is 8. The smallest absolute Gasteiger partial charge is 0.255 e. The standard InChI is InChI=1S/C24H30N8O.C5H5ClN2O/c1-15-12-28-24(30-20(25)11-16(2)26-3)31-22(15)18-13-27-23-17(18)7-6-8-19(23)29-21(33)14-32-9-4-5-10-32;1-3-4(6)7-2-8-5(3)9/h6-8,11-13,26-27H,4-5,9-10,14H2,1-3H3,(H,29,33)(H2,25,28,30,31);2H,1H3,(H,7,8,9)/b16-11-;. The van der Waals surface area contributed by atoms with Crippen LogP contribution in [0.1, 0.15) is 30.9 Å². The fourth-order valence-corrected chi connectivity index (χ4v) is 4.57. The van der Waals surface area contributed by atoms with Crippen LogP contribution in [0.25, 0.3) is 22.2 Å². The number of benzene rings is 1. The van der Waals surface area contributed by atoms with Gasteiger partial charge in [-0.25, -0.2) is 15.0 Å². The van der Waals surface area contributed by atoms with E-state index in [1.54, 1.807) is 19.2 Å². The van der Waals surface area contributed by atoms with Crippen LogP contribution in [0.4, 0.5) is 11.6 Å². The van der Waals surface area contributed by atoms with Crippen molar-refractivity contribution in [3.8, 4) is 11.3 Å². The molecule has 0 radical (unpaired) electrons. The van der Waals surface area contributed by atoms with Crippen LogP contribution >= 0.6 is 11.6 Å². The lowest BCUT2D eigenvalue weighted by molar-refractivity contribution is -0.117. The van der Waals surface area contributed by atoms with Crippen molar-refractivity contribution in [2.45, 2.75) is 33.6 Å². The summed E-state index contributed by atoms with van der Waals surface area (Å²) in [6, 6.07) is 5.85. The molecule has 4 heterocycles. The van der Waals surface area contributed by atoms with Crippen molar-refractivity contribution < 1.29 is 4.79 Å². The number of halogens is 1. The SMILES string of the molecule is CN/C(C)=C\C(N)=N/c1ncc(C)c(-c2c[nH]c3c(NC(=O)CN4CCCC4)cccc23)n1.Cc1c(Cl)nc[nH]c1=O. The second-order valence-electron chi connectivity index (χ2n) is 9.93. The lowest BCUT2D eigenvalue weighted by Crippen LogP contribution is -2.30. The molecule has 1 amide bonds. The lowest BCUT2D eigenvalue weighted by atomic mass is 10.1. The first-order chi connectivity index (χ1) is 20.2. The van der Waals surface area contributed by atoms with Gasteiger partial charge in [-0.15, -0.1) is 0 Å². The number of amides is 1. The summed E-state index contributed by atoms with van der Waals surface area (Å²) < 4.78 is 0. The van der Waals surface area contributed by atoms with E-state index in [4.69, 9.17) is 17.3 Å². The molecule has 1 aliphatic heterocycles. The third-order valence-corrected chi connectivity index (χ3v) is 7.16. The summed E-state index contributed by atoms with van der Waals surface area (Å²) >= 11 is 5.48. The van der Waals surface area contributed by atoms with E-state index in [-0.39, 0.29) is 22.6 Å². The van der Waals surface area contributed by atoms with Gasteiger partial charge in [-0.3, -0.25) is 14.5 Å². The number of rotatable bonds is 7. The van der Waals surface area contributed by atoms with Crippen molar-refractivity contribution >= 4 is 45.9 Å². The number of fused-ring (bicyclic) bond motifs is 1. The molecule has 12 nitrogen and oxygen atoms in total. The normalized spacial score (nSPS) is 14.0. The third-order valence-electron chi connectivity index (χ3n) is 6.78. The number of amidine groups is 1. The van der Waals surface area contributed by atoms with E-state index in [1.807, 2.05) is 45.3 Å². The van der Waals surface area contributed by atoms with Crippen molar-refractivity contribution in [1.29, 1.82) is 0 Å². The highest BCUT2D eigenvalue weighted by Crippen LogP contribution is 2.33. The summed E-state index contributed by atoms with van der Waals surface area (Å²) in [6.07, 6.45) is 8.96. The number of hydrogen-bond donors (Lipinski definition) is 5. The van der Waals surface area contributed by atoms with E-state index in [2.05, 4.69) is 45.4 Å². The molecule has 1 fully saturated rings. The van der Waals surface area contributed by atoms with Gasteiger partial charge in [0.2, 0.25) is 5.91 Å². The van der Waals surface area contributed by atoms with E-state index in [1.165, 1.54) is 6.33 Å². The molecule has 220 valence electrons. The topological polar surface area (TPSA) is 170 Å². The average molecular weight is 591 g/mol. The number of para-hydroxylation sites is 1. The molecule has 1 saturated heterocycles. The van der Waals surface area contributed by atoms with E-state index in [0.717, 1.165) is 65.0 Å². The Morgan fingerprint density at radius 1 is 1.21 bits per heavy atom. The fraction of sp³-hybridized carbons (Fsp3) is 0.310. The Bertz CT molecular complexity index is 1690. The number of anilines is 1. The van der Waals surface area contributed by atoms with Gasteiger partial charge in [-0.2, -0.15) is 4.99 Å². The Labute approximate surface area is 248 Å². The number of carbonyl (C=O) groups is 1. The lowest BCUT2D eigenvalue weighted by Gasteiger charge is -2.14. The molecule has 0 saturated carbocycles. The number of nitrogens with two attached hydrogens (primary N) is 1. The number of likely N-dealkylation sites (tertiary alicyclic amines) is 1. The van der Waals surface area contributed by atoms with Gasteiger partial charge in [-0.1, -0.05) is 23.7 Å². The zero-order chi connectivity index (χ0) is 30.2. The predicted octanol–water partition coefficient (Wildman–Crippen LogP) is 3.81. The second kappa shape index (κ2) is 13.9. The van der Waals surface area contributed by atoms with Gasteiger partial charge in [0.25, 0.3) is 11.5 Å². The number of aromatic amines is 2. The molecule has 0 aliphatic carbocycles. The summed E-state index contributed by atoms with van der Waals surface area (Å²) in [5.41, 5.74) is 11.4. The van der Waals surface area contributed by atoms with Gasteiger partial charge in [0.05, 0.1) is 35.3 Å². The van der Waals surface area contributed by atoms with E-state index >= 15 is 0 Å². The van der Waals surface area contributed by atoms with Gasteiger partial charge in [-0.05, 0) is 64.4 Å². The molecule has 0 unspecified atom stereocenters. The molecule has 0 atom stereocenters. The highest BCUT2D eigenvalue weighted by atomic mass is 35.5. The minimum absolute atomic E-state index is 0.00391. The highest BCUT2D eigenvalue weighted by molar-refractivity contribution is 6.30. The maximum absolute atomic E-state index is 12.6. The molecular weight excluding hydrogens is 556 g/mol. The largest absolute Gasteiger partial charge is 0.392 e. The monoisotopic (exact) mass is 590 g/mol.